The zero-order valence-electron chi connectivity index (χ0n) is 13.0. The van der Waals surface area contributed by atoms with Gasteiger partial charge in [0.25, 0.3) is 5.82 Å². The van der Waals surface area contributed by atoms with E-state index in [1.54, 1.807) is 7.11 Å². The highest BCUT2D eigenvalue weighted by Crippen LogP contribution is 2.16. The smallest absolute Gasteiger partial charge is 0.258 e. The number of rotatable bonds is 6. The van der Waals surface area contributed by atoms with Gasteiger partial charge in [-0.3, -0.25) is 0 Å². The largest absolute Gasteiger partial charge is 0.497 e. The Balaban J connectivity index is 2.19. The zero-order valence-corrected chi connectivity index (χ0v) is 13.0. The molecule has 0 aliphatic heterocycles. The molecule has 0 bridgehead atoms. The molecular weight excluding hydrogens is 248 g/mol. The van der Waals surface area contributed by atoms with Crippen LogP contribution in [0.1, 0.15) is 32.5 Å². The standard InChI is InChI=1S/C17H25N2O/c1-5-6-14(2)13-18-11-12-19(15(18)3)16-7-9-17(20-4)10-8-16/h7-12,14H,5-6,13H2,1-4H3/q+1. The Morgan fingerprint density at radius 1 is 1.25 bits per heavy atom. The van der Waals surface area contributed by atoms with Gasteiger partial charge >= 0.3 is 0 Å². The minimum Gasteiger partial charge on any atom is -0.497 e. The molecule has 2 rings (SSSR count). The first-order valence-corrected chi connectivity index (χ1v) is 7.37. The third kappa shape index (κ3) is 3.21. The molecule has 2 aromatic rings. The summed E-state index contributed by atoms with van der Waals surface area (Å²) >= 11 is 0. The maximum Gasteiger partial charge on any atom is 0.258 e. The molecule has 3 nitrogen and oxygen atoms in total. The summed E-state index contributed by atoms with van der Waals surface area (Å²) in [6, 6.07) is 8.18. The van der Waals surface area contributed by atoms with E-state index in [0.717, 1.165) is 18.2 Å². The molecule has 3 heteroatoms. The predicted octanol–water partition coefficient (Wildman–Crippen LogP) is 3.52. The van der Waals surface area contributed by atoms with E-state index in [-0.39, 0.29) is 0 Å². The second-order valence-corrected chi connectivity index (χ2v) is 5.46. The predicted molar refractivity (Wildman–Crippen MR) is 81.3 cm³/mol. The first-order valence-electron chi connectivity index (χ1n) is 7.37. The Kier molecular flexibility index (Phi) is 4.83. The highest BCUT2D eigenvalue weighted by atomic mass is 16.5. The Bertz CT molecular complexity index is 543. The molecule has 0 radical (unpaired) electrons. The summed E-state index contributed by atoms with van der Waals surface area (Å²) in [6.07, 6.45) is 6.83. The number of imidazole rings is 1. The van der Waals surface area contributed by atoms with Gasteiger partial charge < -0.3 is 4.74 Å². The van der Waals surface area contributed by atoms with E-state index in [1.807, 2.05) is 12.1 Å². The maximum atomic E-state index is 5.21. The van der Waals surface area contributed by atoms with Gasteiger partial charge in [0.2, 0.25) is 0 Å². The number of hydrogen-bond acceptors (Lipinski definition) is 1. The molecule has 108 valence electrons. The van der Waals surface area contributed by atoms with E-state index >= 15 is 0 Å². The quantitative estimate of drug-likeness (QED) is 0.736. The summed E-state index contributed by atoms with van der Waals surface area (Å²) in [7, 11) is 1.69. The van der Waals surface area contributed by atoms with Crippen molar-refractivity contribution >= 4 is 0 Å². The van der Waals surface area contributed by atoms with Gasteiger partial charge in [-0.2, -0.15) is 0 Å². The monoisotopic (exact) mass is 273 g/mol. The first kappa shape index (κ1) is 14.6. The number of methoxy groups -OCH3 is 1. The van der Waals surface area contributed by atoms with Gasteiger partial charge in [-0.15, -0.1) is 0 Å². The van der Waals surface area contributed by atoms with Crippen LogP contribution in [0.4, 0.5) is 0 Å². The lowest BCUT2D eigenvalue weighted by atomic mass is 10.1. The van der Waals surface area contributed by atoms with Crippen molar-refractivity contribution in [3.05, 3.63) is 42.5 Å². The Morgan fingerprint density at radius 2 is 1.95 bits per heavy atom. The molecule has 0 N–H and O–H groups in total. The van der Waals surface area contributed by atoms with Crippen LogP contribution >= 0.6 is 0 Å². The Hall–Kier alpha value is -1.77. The Morgan fingerprint density at radius 3 is 2.55 bits per heavy atom. The fraction of sp³-hybridized carbons (Fsp3) is 0.471. The highest BCUT2D eigenvalue weighted by Gasteiger charge is 2.16. The van der Waals surface area contributed by atoms with E-state index in [2.05, 4.69) is 54.4 Å². The van der Waals surface area contributed by atoms with Crippen LogP contribution in [0, 0.1) is 12.8 Å². The molecule has 0 saturated heterocycles. The fourth-order valence-corrected chi connectivity index (χ4v) is 2.63. The van der Waals surface area contributed by atoms with Crippen LogP contribution in [0.25, 0.3) is 5.69 Å². The molecule has 1 aromatic carbocycles. The number of benzene rings is 1. The van der Waals surface area contributed by atoms with Crippen LogP contribution in [-0.2, 0) is 6.54 Å². The van der Waals surface area contributed by atoms with E-state index in [0.29, 0.717) is 0 Å². The zero-order chi connectivity index (χ0) is 14.5. The lowest BCUT2D eigenvalue weighted by molar-refractivity contribution is -0.708. The van der Waals surface area contributed by atoms with Crippen molar-refractivity contribution in [2.24, 2.45) is 5.92 Å². The van der Waals surface area contributed by atoms with Crippen molar-refractivity contribution < 1.29 is 9.30 Å². The van der Waals surface area contributed by atoms with E-state index < -0.39 is 0 Å². The summed E-state index contributed by atoms with van der Waals surface area (Å²) in [5.74, 6) is 2.87. The molecule has 0 amide bonds. The average Bonchev–Trinajstić information content (AvgIpc) is 2.81. The van der Waals surface area contributed by atoms with Crippen LogP contribution < -0.4 is 9.30 Å². The van der Waals surface area contributed by atoms with Gasteiger partial charge in [-0.1, -0.05) is 20.3 Å². The molecule has 0 fully saturated rings. The van der Waals surface area contributed by atoms with Crippen LogP contribution in [0.2, 0.25) is 0 Å². The van der Waals surface area contributed by atoms with E-state index in [4.69, 9.17) is 4.74 Å². The third-order valence-corrected chi connectivity index (χ3v) is 3.80. The number of ether oxygens (including phenoxy) is 1. The van der Waals surface area contributed by atoms with Crippen molar-refractivity contribution in [2.75, 3.05) is 7.11 Å². The summed E-state index contributed by atoms with van der Waals surface area (Å²) in [5.41, 5.74) is 1.17. The molecule has 1 aromatic heterocycles. The molecular formula is C17H25N2O+. The summed E-state index contributed by atoms with van der Waals surface area (Å²) < 4.78 is 9.76. The van der Waals surface area contributed by atoms with Crippen LogP contribution in [-0.4, -0.2) is 11.7 Å². The number of aromatic nitrogens is 2. The molecule has 0 aliphatic rings. The highest BCUT2D eigenvalue weighted by molar-refractivity contribution is 5.37. The lowest BCUT2D eigenvalue weighted by Gasteiger charge is -2.08. The fourth-order valence-electron chi connectivity index (χ4n) is 2.63. The van der Waals surface area contributed by atoms with Crippen LogP contribution in [0.15, 0.2) is 36.7 Å². The average molecular weight is 273 g/mol. The second kappa shape index (κ2) is 6.60. The summed E-state index contributed by atoms with van der Waals surface area (Å²) in [5, 5.41) is 0. The molecule has 1 unspecified atom stereocenters. The minimum atomic E-state index is 0.718. The van der Waals surface area contributed by atoms with Crippen molar-refractivity contribution in [3.8, 4) is 11.4 Å². The first-order chi connectivity index (χ1) is 9.65. The molecule has 0 spiro atoms. The molecule has 0 saturated carbocycles. The number of hydrogen-bond donors (Lipinski definition) is 0. The van der Waals surface area contributed by atoms with Crippen LogP contribution in [0.5, 0.6) is 5.75 Å². The topological polar surface area (TPSA) is 18.0 Å². The second-order valence-electron chi connectivity index (χ2n) is 5.46. The van der Waals surface area contributed by atoms with Gasteiger partial charge in [0.1, 0.15) is 23.8 Å². The van der Waals surface area contributed by atoms with Gasteiger partial charge in [-0.05, 0) is 36.6 Å². The molecule has 1 heterocycles. The SMILES string of the molecule is CCCC(C)C[n+]1ccn(-c2ccc(OC)cc2)c1C. The summed E-state index contributed by atoms with van der Waals surface area (Å²) in [4.78, 5) is 0. The van der Waals surface area contributed by atoms with Crippen molar-refractivity contribution in [2.45, 2.75) is 40.2 Å². The van der Waals surface area contributed by atoms with Crippen LogP contribution in [0.3, 0.4) is 0 Å². The molecule has 0 aliphatic carbocycles. The maximum absolute atomic E-state index is 5.21. The van der Waals surface area contributed by atoms with Gasteiger partial charge in [0, 0.05) is 6.92 Å². The van der Waals surface area contributed by atoms with Gasteiger partial charge in [0.15, 0.2) is 0 Å². The van der Waals surface area contributed by atoms with Gasteiger partial charge in [-0.25, -0.2) is 9.13 Å². The molecule has 20 heavy (non-hydrogen) atoms. The third-order valence-electron chi connectivity index (χ3n) is 3.80. The normalized spacial score (nSPS) is 12.4. The minimum absolute atomic E-state index is 0.718. The molecule has 1 atom stereocenters. The number of nitrogens with zero attached hydrogens (tertiary/aromatic N) is 2. The van der Waals surface area contributed by atoms with Crippen molar-refractivity contribution in [1.82, 2.24) is 4.57 Å². The van der Waals surface area contributed by atoms with E-state index in [1.165, 1.54) is 24.4 Å². The van der Waals surface area contributed by atoms with Crippen molar-refractivity contribution in [3.63, 3.8) is 0 Å². The van der Waals surface area contributed by atoms with Gasteiger partial charge in [0.05, 0.1) is 13.7 Å². The van der Waals surface area contributed by atoms with Crippen molar-refractivity contribution in [1.29, 1.82) is 0 Å². The Labute approximate surface area is 121 Å². The summed E-state index contributed by atoms with van der Waals surface area (Å²) in [6.45, 7) is 7.82. The van der Waals surface area contributed by atoms with E-state index in [9.17, 15) is 0 Å². The lowest BCUT2D eigenvalue weighted by Crippen LogP contribution is -2.38.